The van der Waals surface area contributed by atoms with Crippen LogP contribution in [-0.4, -0.2) is 36.3 Å². The van der Waals surface area contributed by atoms with Gasteiger partial charge in [0.1, 0.15) is 17.6 Å². The molecule has 2 aromatic carbocycles. The van der Waals surface area contributed by atoms with Crippen molar-refractivity contribution in [2.24, 2.45) is 5.92 Å². The highest BCUT2D eigenvalue weighted by molar-refractivity contribution is 7.99. The van der Waals surface area contributed by atoms with Crippen LogP contribution in [0.5, 0.6) is 11.5 Å². The van der Waals surface area contributed by atoms with E-state index >= 15 is 0 Å². The largest absolute Gasteiger partial charge is 0.504 e. The van der Waals surface area contributed by atoms with E-state index in [1.165, 1.54) is 36.0 Å². The minimum atomic E-state index is -0.813. The van der Waals surface area contributed by atoms with E-state index in [0.717, 1.165) is 10.6 Å². The number of aromatic hydroxyl groups is 1. The van der Waals surface area contributed by atoms with Crippen molar-refractivity contribution >= 4 is 29.2 Å². The molecule has 180 valence electrons. The van der Waals surface area contributed by atoms with Gasteiger partial charge < -0.3 is 14.6 Å². The fraction of sp³-hybridized carbons (Fsp3) is 0.280. The van der Waals surface area contributed by atoms with E-state index in [4.69, 9.17) is 9.47 Å². The zero-order chi connectivity index (χ0) is 24.7. The van der Waals surface area contributed by atoms with Gasteiger partial charge in [-0.3, -0.25) is 10.4 Å². The molecule has 3 rings (SSSR count). The summed E-state index contributed by atoms with van der Waals surface area (Å²) in [6.45, 7) is 3.94. The highest BCUT2D eigenvalue weighted by atomic mass is 32.2. The van der Waals surface area contributed by atoms with Gasteiger partial charge in [-0.15, -0.1) is 0 Å². The van der Waals surface area contributed by atoms with Crippen LogP contribution in [-0.2, 0) is 9.53 Å². The summed E-state index contributed by atoms with van der Waals surface area (Å²) in [5, 5.41) is 12.3. The smallest absolute Gasteiger partial charge is 0.330 e. The summed E-state index contributed by atoms with van der Waals surface area (Å²) in [5.41, 5.74) is 3.43. The second-order valence-electron chi connectivity index (χ2n) is 7.95. The molecule has 2 N–H and O–H groups in total. The molecule has 0 fully saturated rings. The van der Waals surface area contributed by atoms with E-state index in [1.807, 2.05) is 38.1 Å². The molecule has 0 saturated carbocycles. The van der Waals surface area contributed by atoms with Crippen molar-refractivity contribution in [3.8, 4) is 11.5 Å². The summed E-state index contributed by atoms with van der Waals surface area (Å²) in [6, 6.07) is 14.1. The molecular weight excluding hydrogens is 457 g/mol. The number of ether oxygens (including phenoxy) is 2. The van der Waals surface area contributed by atoms with E-state index in [9.17, 15) is 14.3 Å². The van der Waals surface area contributed by atoms with Crippen LogP contribution >= 0.6 is 11.8 Å². The van der Waals surface area contributed by atoms with Gasteiger partial charge in [0.25, 0.3) is 0 Å². The van der Waals surface area contributed by atoms with Crippen molar-refractivity contribution in [1.82, 2.24) is 4.98 Å². The fourth-order valence-corrected chi connectivity index (χ4v) is 4.13. The van der Waals surface area contributed by atoms with E-state index in [-0.39, 0.29) is 17.5 Å². The predicted octanol–water partition coefficient (Wildman–Crippen LogP) is 5.51. The molecule has 0 unspecified atom stereocenters. The van der Waals surface area contributed by atoms with Crippen molar-refractivity contribution in [2.45, 2.75) is 36.1 Å². The number of nitrogens with one attached hydrogen (secondary N) is 1. The number of esters is 1. The Morgan fingerprint density at radius 3 is 2.47 bits per heavy atom. The quantitative estimate of drug-likeness (QED) is 0.287. The van der Waals surface area contributed by atoms with Gasteiger partial charge in [0, 0.05) is 16.0 Å². The highest BCUT2D eigenvalue weighted by Gasteiger charge is 2.31. The van der Waals surface area contributed by atoms with Crippen molar-refractivity contribution in [2.75, 3.05) is 24.7 Å². The Bertz CT molecular complexity index is 1110. The number of carbonyl (C=O) groups is 1. The molecule has 0 radical (unpaired) electrons. The Hall–Kier alpha value is -3.46. The molecule has 0 aliphatic heterocycles. The SMILES string of the molecule is COC(=O)[C@H](CC(C)C)N(Nc1cccc(F)c1)c1ncc(Sc2ccc(OC)cc2)cc1O. The van der Waals surface area contributed by atoms with Crippen LogP contribution in [0.25, 0.3) is 0 Å². The molecule has 1 aromatic heterocycles. The number of halogens is 1. The number of aromatic nitrogens is 1. The topological polar surface area (TPSA) is 83.9 Å². The van der Waals surface area contributed by atoms with E-state index in [1.54, 1.807) is 31.5 Å². The molecule has 7 nitrogen and oxygen atoms in total. The summed E-state index contributed by atoms with van der Waals surface area (Å²) in [7, 11) is 2.91. The number of pyridine rings is 1. The average molecular weight is 486 g/mol. The lowest BCUT2D eigenvalue weighted by Crippen LogP contribution is -2.47. The maximum absolute atomic E-state index is 13.8. The van der Waals surface area contributed by atoms with Crippen molar-refractivity contribution in [1.29, 1.82) is 0 Å². The van der Waals surface area contributed by atoms with Gasteiger partial charge in [0.2, 0.25) is 0 Å². The molecule has 0 saturated heterocycles. The predicted molar refractivity (Wildman–Crippen MR) is 131 cm³/mol. The van der Waals surface area contributed by atoms with Gasteiger partial charge in [-0.2, -0.15) is 0 Å². The van der Waals surface area contributed by atoms with Gasteiger partial charge in [0.05, 0.1) is 19.9 Å². The standard InChI is InChI=1S/C25H28FN3O4S/c1-16(2)12-22(25(31)33-4)29(28-18-7-5-6-17(26)13-18)24-23(30)14-21(15-27-24)34-20-10-8-19(32-3)9-11-20/h5-11,13-16,22,28,30H,12H2,1-4H3/t22-/m0/s1. The van der Waals surface area contributed by atoms with Crippen LogP contribution < -0.4 is 15.2 Å². The second-order valence-corrected chi connectivity index (χ2v) is 9.10. The molecule has 0 amide bonds. The van der Waals surface area contributed by atoms with E-state index in [2.05, 4.69) is 10.4 Å². The summed E-state index contributed by atoms with van der Waals surface area (Å²) in [6.07, 6.45) is 2.02. The minimum absolute atomic E-state index is 0.124. The maximum Gasteiger partial charge on any atom is 0.330 e. The van der Waals surface area contributed by atoms with Crippen molar-refractivity contribution < 1.29 is 23.8 Å². The first kappa shape index (κ1) is 25.2. The summed E-state index contributed by atoms with van der Waals surface area (Å²) >= 11 is 1.42. The molecule has 9 heteroatoms. The number of methoxy groups -OCH3 is 2. The summed E-state index contributed by atoms with van der Waals surface area (Å²) in [5.74, 6) is -0.0755. The molecule has 0 bridgehead atoms. The van der Waals surface area contributed by atoms with Gasteiger partial charge in [-0.1, -0.05) is 31.7 Å². The first-order valence-electron chi connectivity index (χ1n) is 10.7. The number of hydrogen-bond donors (Lipinski definition) is 2. The number of benzene rings is 2. The average Bonchev–Trinajstić information content (AvgIpc) is 2.81. The molecule has 34 heavy (non-hydrogen) atoms. The van der Waals surface area contributed by atoms with E-state index in [0.29, 0.717) is 17.0 Å². The van der Waals surface area contributed by atoms with Crippen molar-refractivity contribution in [3.05, 3.63) is 66.6 Å². The minimum Gasteiger partial charge on any atom is -0.504 e. The van der Waals surface area contributed by atoms with Crippen LogP contribution in [0.1, 0.15) is 20.3 Å². The molecule has 0 aliphatic carbocycles. The Morgan fingerprint density at radius 2 is 1.88 bits per heavy atom. The Morgan fingerprint density at radius 1 is 1.15 bits per heavy atom. The third-order valence-electron chi connectivity index (χ3n) is 4.90. The molecule has 3 aromatic rings. The molecule has 0 spiro atoms. The van der Waals surface area contributed by atoms with E-state index < -0.39 is 17.8 Å². The summed E-state index contributed by atoms with van der Waals surface area (Å²) in [4.78, 5) is 18.8. The number of carbonyl (C=O) groups excluding carboxylic acids is 1. The molecule has 0 aliphatic rings. The maximum atomic E-state index is 13.8. The Balaban J connectivity index is 1.95. The lowest BCUT2D eigenvalue weighted by molar-refractivity contribution is -0.142. The lowest BCUT2D eigenvalue weighted by atomic mass is 10.0. The van der Waals surface area contributed by atoms with Crippen LogP contribution in [0.15, 0.2) is 70.6 Å². The third-order valence-corrected chi connectivity index (χ3v) is 5.87. The molecule has 1 heterocycles. The van der Waals surface area contributed by atoms with Crippen LogP contribution in [0, 0.1) is 11.7 Å². The second kappa shape index (κ2) is 11.6. The van der Waals surface area contributed by atoms with Gasteiger partial charge >= 0.3 is 5.97 Å². The van der Waals surface area contributed by atoms with Crippen molar-refractivity contribution in [3.63, 3.8) is 0 Å². The lowest BCUT2D eigenvalue weighted by Gasteiger charge is -2.33. The Labute approximate surface area is 202 Å². The normalized spacial score (nSPS) is 11.7. The van der Waals surface area contributed by atoms with Crippen LogP contribution in [0.3, 0.4) is 0 Å². The van der Waals surface area contributed by atoms with Gasteiger partial charge in [-0.05, 0) is 60.9 Å². The first-order valence-corrected chi connectivity index (χ1v) is 11.5. The van der Waals surface area contributed by atoms with Crippen LogP contribution in [0.4, 0.5) is 15.9 Å². The zero-order valence-electron chi connectivity index (χ0n) is 19.5. The zero-order valence-corrected chi connectivity index (χ0v) is 20.3. The number of hydrazine groups is 1. The Kier molecular flexibility index (Phi) is 8.59. The molecular formula is C25H28FN3O4S. The van der Waals surface area contributed by atoms with Gasteiger partial charge in [0.15, 0.2) is 11.6 Å². The monoisotopic (exact) mass is 485 g/mol. The summed E-state index contributed by atoms with van der Waals surface area (Å²) < 4.78 is 24.0. The third kappa shape index (κ3) is 6.54. The first-order chi connectivity index (χ1) is 16.3. The van der Waals surface area contributed by atoms with Crippen LogP contribution in [0.2, 0.25) is 0 Å². The number of anilines is 2. The van der Waals surface area contributed by atoms with Gasteiger partial charge in [-0.25, -0.2) is 14.2 Å². The molecule has 1 atom stereocenters. The number of rotatable bonds is 10. The highest BCUT2D eigenvalue weighted by Crippen LogP contribution is 2.35. The number of hydrogen-bond acceptors (Lipinski definition) is 8. The number of nitrogens with zero attached hydrogens (tertiary/aromatic N) is 2. The fourth-order valence-electron chi connectivity index (χ4n) is 3.31.